The van der Waals surface area contributed by atoms with Crippen LogP contribution in [0.15, 0.2) is 71.1 Å². The Kier molecular flexibility index (Phi) is 8.76. The molecule has 38 heavy (non-hydrogen) atoms. The molecule has 0 aliphatic carbocycles. The Balaban J connectivity index is 1.41. The van der Waals surface area contributed by atoms with Crippen LogP contribution in [0.4, 0.5) is 0 Å². The molecule has 5 rings (SSSR count). The van der Waals surface area contributed by atoms with Crippen LogP contribution < -0.4 is 0 Å². The zero-order chi connectivity index (χ0) is 26.5. The van der Waals surface area contributed by atoms with E-state index in [-0.39, 0.29) is 24.4 Å². The molecule has 2 aliphatic rings. The van der Waals surface area contributed by atoms with Gasteiger partial charge in [-0.3, -0.25) is 14.5 Å². The maximum absolute atomic E-state index is 13.9. The van der Waals surface area contributed by atoms with Crippen LogP contribution in [0.5, 0.6) is 0 Å². The van der Waals surface area contributed by atoms with Gasteiger partial charge in [-0.25, -0.2) is 5.01 Å². The van der Waals surface area contributed by atoms with Gasteiger partial charge < -0.3 is 9.64 Å². The number of benzene rings is 2. The summed E-state index contributed by atoms with van der Waals surface area (Å²) < 4.78 is 5.45. The van der Waals surface area contributed by atoms with Crippen molar-refractivity contribution in [3.8, 4) is 0 Å². The van der Waals surface area contributed by atoms with Crippen LogP contribution >= 0.6 is 34.5 Å². The van der Waals surface area contributed by atoms with Gasteiger partial charge in [-0.15, -0.1) is 11.3 Å². The smallest absolute Gasteiger partial charge is 0.262 e. The standard InChI is InChI=1S/C28H28Cl2N4O3S/c29-22-8-3-1-6-20(22)25-18-24(26-10-5-17-38-26)31-34(25)27(35)19-33(12-11-32-13-15-37-16-14-32)28(36)21-7-2-4-9-23(21)30/h1-10,17,25H,11-16,18-19H2/t25-/m1/s1. The third kappa shape index (κ3) is 6.11. The van der Waals surface area contributed by atoms with E-state index in [0.29, 0.717) is 48.3 Å². The molecule has 2 aliphatic heterocycles. The van der Waals surface area contributed by atoms with Crippen LogP contribution in [0.1, 0.15) is 33.3 Å². The van der Waals surface area contributed by atoms with Gasteiger partial charge in [-0.1, -0.05) is 59.6 Å². The SMILES string of the molecule is O=C(c1ccccc1Cl)N(CCN1CCOCC1)CC(=O)N1N=C(c2cccs2)C[C@@H]1c1ccccc1Cl. The topological polar surface area (TPSA) is 65.5 Å². The van der Waals surface area contributed by atoms with Crippen LogP contribution in [0.25, 0.3) is 0 Å². The van der Waals surface area contributed by atoms with Crippen LogP contribution in [0, 0.1) is 0 Å². The summed E-state index contributed by atoms with van der Waals surface area (Å²) in [5.74, 6) is -0.558. The van der Waals surface area contributed by atoms with Crippen molar-refractivity contribution < 1.29 is 14.3 Å². The van der Waals surface area contributed by atoms with Crippen molar-refractivity contribution in [3.63, 3.8) is 0 Å². The number of hydrogen-bond donors (Lipinski definition) is 0. The van der Waals surface area contributed by atoms with E-state index >= 15 is 0 Å². The minimum Gasteiger partial charge on any atom is -0.379 e. The van der Waals surface area contributed by atoms with E-state index in [0.717, 1.165) is 29.2 Å². The highest BCUT2D eigenvalue weighted by Gasteiger charge is 2.36. The Labute approximate surface area is 236 Å². The molecule has 1 saturated heterocycles. The number of carbonyl (C=O) groups is 2. The Morgan fingerprint density at radius 3 is 2.45 bits per heavy atom. The van der Waals surface area contributed by atoms with E-state index in [9.17, 15) is 9.59 Å². The molecule has 0 unspecified atom stereocenters. The van der Waals surface area contributed by atoms with Crippen LogP contribution in [-0.4, -0.2) is 78.3 Å². The minimum atomic E-state index is -0.357. The van der Waals surface area contributed by atoms with Crippen molar-refractivity contribution in [2.24, 2.45) is 5.10 Å². The van der Waals surface area contributed by atoms with E-state index in [1.165, 1.54) is 5.01 Å². The van der Waals surface area contributed by atoms with Gasteiger partial charge in [0.25, 0.3) is 11.8 Å². The molecule has 0 N–H and O–H groups in total. The first-order valence-corrected chi connectivity index (χ1v) is 14.2. The largest absolute Gasteiger partial charge is 0.379 e. The fourth-order valence-electron chi connectivity index (χ4n) is 4.70. The zero-order valence-corrected chi connectivity index (χ0v) is 23.1. The normalized spacial score (nSPS) is 17.9. The Morgan fingerprint density at radius 1 is 1.00 bits per heavy atom. The lowest BCUT2D eigenvalue weighted by atomic mass is 10.0. The summed E-state index contributed by atoms with van der Waals surface area (Å²) in [7, 11) is 0. The summed E-state index contributed by atoms with van der Waals surface area (Å²) in [6, 6.07) is 18.0. The van der Waals surface area contributed by atoms with Gasteiger partial charge >= 0.3 is 0 Å². The highest BCUT2D eigenvalue weighted by atomic mass is 35.5. The van der Waals surface area contributed by atoms with Gasteiger partial charge in [0, 0.05) is 37.6 Å². The molecule has 0 bridgehead atoms. The minimum absolute atomic E-state index is 0.128. The number of amides is 2. The molecular formula is C28H28Cl2N4O3S. The molecule has 10 heteroatoms. The summed E-state index contributed by atoms with van der Waals surface area (Å²) in [6.07, 6.45) is 0.544. The van der Waals surface area contributed by atoms with Crippen LogP contribution in [0.2, 0.25) is 10.0 Å². The lowest BCUT2D eigenvalue weighted by molar-refractivity contribution is -0.133. The second kappa shape index (κ2) is 12.4. The van der Waals surface area contributed by atoms with E-state index < -0.39 is 0 Å². The number of hydrogen-bond acceptors (Lipinski definition) is 6. The number of ether oxygens (including phenoxy) is 1. The average molecular weight is 572 g/mol. The molecule has 7 nitrogen and oxygen atoms in total. The van der Waals surface area contributed by atoms with Crippen molar-refractivity contribution in [2.45, 2.75) is 12.5 Å². The number of thiophene rings is 1. The van der Waals surface area contributed by atoms with Crippen molar-refractivity contribution in [3.05, 3.63) is 92.1 Å². The van der Waals surface area contributed by atoms with Crippen LogP contribution in [0.3, 0.4) is 0 Å². The first kappa shape index (κ1) is 26.8. The van der Waals surface area contributed by atoms with Crippen molar-refractivity contribution in [2.75, 3.05) is 45.9 Å². The first-order valence-electron chi connectivity index (χ1n) is 12.5. The maximum Gasteiger partial charge on any atom is 0.262 e. The van der Waals surface area contributed by atoms with E-state index in [1.807, 2.05) is 41.8 Å². The molecule has 1 aromatic heterocycles. The van der Waals surface area contributed by atoms with E-state index in [1.54, 1.807) is 40.5 Å². The predicted molar refractivity (Wildman–Crippen MR) is 151 cm³/mol. The third-order valence-electron chi connectivity index (χ3n) is 6.74. The second-order valence-corrected chi connectivity index (χ2v) is 10.9. The van der Waals surface area contributed by atoms with Crippen molar-refractivity contribution >= 4 is 52.1 Å². The summed E-state index contributed by atoms with van der Waals surface area (Å²) in [5, 5.41) is 9.16. The molecule has 3 aromatic rings. The summed E-state index contributed by atoms with van der Waals surface area (Å²) in [4.78, 5) is 32.3. The Morgan fingerprint density at radius 2 is 1.74 bits per heavy atom. The fourth-order valence-corrected chi connectivity index (χ4v) is 5.90. The van der Waals surface area contributed by atoms with Gasteiger partial charge in [-0.05, 0) is 35.2 Å². The molecule has 1 fully saturated rings. The van der Waals surface area contributed by atoms with Gasteiger partial charge in [0.1, 0.15) is 6.54 Å². The summed E-state index contributed by atoms with van der Waals surface area (Å²) in [6.45, 7) is 3.77. The number of halogens is 2. The van der Waals surface area contributed by atoms with Gasteiger partial charge in [0.2, 0.25) is 0 Å². The lowest BCUT2D eigenvalue weighted by Crippen LogP contribution is -2.46. The molecule has 3 heterocycles. The van der Waals surface area contributed by atoms with E-state index in [4.69, 9.17) is 33.0 Å². The van der Waals surface area contributed by atoms with Gasteiger partial charge in [-0.2, -0.15) is 5.10 Å². The van der Waals surface area contributed by atoms with E-state index in [2.05, 4.69) is 4.90 Å². The molecule has 2 amide bonds. The van der Waals surface area contributed by atoms with Crippen molar-refractivity contribution in [1.82, 2.24) is 14.8 Å². The Hall–Kier alpha value is -2.75. The monoisotopic (exact) mass is 570 g/mol. The number of morpholine rings is 1. The third-order valence-corrected chi connectivity index (χ3v) is 8.34. The molecular weight excluding hydrogens is 543 g/mol. The maximum atomic E-state index is 13.9. The van der Waals surface area contributed by atoms with Gasteiger partial charge in [0.05, 0.1) is 40.4 Å². The fraction of sp³-hybridized carbons (Fsp3) is 0.321. The predicted octanol–water partition coefficient (Wildman–Crippen LogP) is 5.21. The lowest BCUT2D eigenvalue weighted by Gasteiger charge is -2.31. The molecule has 1 atom stereocenters. The molecule has 198 valence electrons. The molecule has 2 aromatic carbocycles. The highest BCUT2D eigenvalue weighted by Crippen LogP contribution is 2.37. The quantitative estimate of drug-likeness (QED) is 0.373. The summed E-state index contributed by atoms with van der Waals surface area (Å²) in [5.41, 5.74) is 2.03. The average Bonchev–Trinajstić information content (AvgIpc) is 3.62. The van der Waals surface area contributed by atoms with Crippen LogP contribution in [-0.2, 0) is 9.53 Å². The molecule has 0 spiro atoms. The Bertz CT molecular complexity index is 1310. The van der Waals surface area contributed by atoms with Crippen molar-refractivity contribution in [1.29, 1.82) is 0 Å². The summed E-state index contributed by atoms with van der Waals surface area (Å²) >= 11 is 14.5. The number of rotatable bonds is 8. The number of hydrazone groups is 1. The number of nitrogens with zero attached hydrogens (tertiary/aromatic N) is 4. The zero-order valence-electron chi connectivity index (χ0n) is 20.8. The second-order valence-electron chi connectivity index (χ2n) is 9.16. The molecule has 0 radical (unpaired) electrons. The van der Waals surface area contributed by atoms with Gasteiger partial charge in [0.15, 0.2) is 0 Å². The first-order chi connectivity index (χ1) is 18.5. The highest BCUT2D eigenvalue weighted by molar-refractivity contribution is 7.12. The molecule has 0 saturated carbocycles. The number of carbonyl (C=O) groups excluding carboxylic acids is 2.